The van der Waals surface area contributed by atoms with Crippen LogP contribution >= 0.6 is 11.6 Å². The normalized spacial score (nSPS) is 9.55. The molecule has 0 saturated heterocycles. The van der Waals surface area contributed by atoms with E-state index in [1.807, 2.05) is 0 Å². The largest absolute Gasteiger partial charge is 0.575 e. The third-order valence-corrected chi connectivity index (χ3v) is 1.20. The number of hydrogen-bond donors (Lipinski definition) is 0. The fraction of sp³-hybridized carbons (Fsp3) is 0. The molecule has 0 aromatic carbocycles. The molecule has 6 nitrogen and oxygen atoms in total. The molecular weight excluding hydrogens is 174 g/mol. The van der Waals surface area contributed by atoms with Crippen LogP contribution < -0.4 is 4.85 Å². The Morgan fingerprint density at radius 1 is 1.64 bits per heavy atom. The molecule has 0 atom stereocenters. The van der Waals surface area contributed by atoms with Crippen LogP contribution in [0, 0.1) is 15.3 Å². The zero-order chi connectivity index (χ0) is 8.43. The van der Waals surface area contributed by atoms with Gasteiger partial charge < -0.3 is 15.3 Å². The highest BCUT2D eigenvalue weighted by Crippen LogP contribution is 2.05. The molecule has 0 aliphatic carbocycles. The second kappa shape index (κ2) is 2.67. The van der Waals surface area contributed by atoms with Gasteiger partial charge in [0.15, 0.2) is 0 Å². The monoisotopic (exact) mass is 175 g/mol. The molecule has 0 aliphatic heterocycles. The Morgan fingerprint density at radius 2 is 2.27 bits per heavy atom. The van der Waals surface area contributed by atoms with Gasteiger partial charge in [0.25, 0.3) is 0 Å². The number of rotatable bonds is 1. The molecule has 0 spiro atoms. The first-order valence-electron chi connectivity index (χ1n) is 2.52. The van der Waals surface area contributed by atoms with Crippen molar-refractivity contribution < 1.29 is 9.77 Å². The Morgan fingerprint density at radius 3 is 2.73 bits per heavy atom. The van der Waals surface area contributed by atoms with Crippen molar-refractivity contribution in [2.24, 2.45) is 0 Å². The third-order valence-electron chi connectivity index (χ3n) is 0.933. The van der Waals surface area contributed by atoms with Crippen LogP contribution in [0.25, 0.3) is 0 Å². The molecule has 0 unspecified atom stereocenters. The van der Waals surface area contributed by atoms with Crippen LogP contribution in [0.5, 0.6) is 0 Å². The lowest BCUT2D eigenvalue weighted by molar-refractivity contribution is -0.672. The number of hydrogen-bond acceptors (Lipinski definition) is 4. The van der Waals surface area contributed by atoms with Gasteiger partial charge in [-0.05, 0) is 16.5 Å². The minimum absolute atomic E-state index is 0.0142. The molecule has 0 fully saturated rings. The summed E-state index contributed by atoms with van der Waals surface area (Å²) in [6.07, 6.45) is 0. The number of aromatic nitrogens is 2. The molecule has 0 radical (unpaired) electrons. The summed E-state index contributed by atoms with van der Waals surface area (Å²) in [7, 11) is 0. The molecule has 11 heavy (non-hydrogen) atoms. The van der Waals surface area contributed by atoms with Gasteiger partial charge in [0.05, 0.1) is 10.9 Å². The highest BCUT2D eigenvalue weighted by atomic mass is 35.5. The van der Waals surface area contributed by atoms with Crippen molar-refractivity contribution in [2.45, 2.75) is 0 Å². The molecule has 1 heterocycles. The van der Waals surface area contributed by atoms with E-state index in [4.69, 9.17) is 11.6 Å². The van der Waals surface area contributed by atoms with E-state index in [1.165, 1.54) is 0 Å². The zero-order valence-corrected chi connectivity index (χ0v) is 5.85. The van der Waals surface area contributed by atoms with Crippen molar-refractivity contribution in [2.75, 3.05) is 0 Å². The lowest BCUT2D eigenvalue weighted by atomic mass is 10.5. The maximum atomic E-state index is 10.5. The minimum Gasteiger partial charge on any atom is -0.575 e. The molecule has 1 aromatic rings. The van der Waals surface area contributed by atoms with Crippen LogP contribution in [0.1, 0.15) is 0 Å². The summed E-state index contributed by atoms with van der Waals surface area (Å²) in [6.45, 7) is 0. The summed E-state index contributed by atoms with van der Waals surface area (Å²) >= 11 is 5.25. The second-order valence-corrected chi connectivity index (χ2v) is 2.03. The first-order valence-corrected chi connectivity index (χ1v) is 2.90. The SMILES string of the molecule is O=[N+]([O-])c1ccc(Cl)[n+]([O-])n1. The predicted molar refractivity (Wildman–Crippen MR) is 34.9 cm³/mol. The Bertz CT molecular complexity index is 303. The molecule has 58 valence electrons. The van der Waals surface area contributed by atoms with Crippen molar-refractivity contribution in [3.63, 3.8) is 0 Å². The maximum Gasteiger partial charge on any atom is 0.438 e. The summed E-state index contributed by atoms with van der Waals surface area (Å²) in [5.74, 6) is -0.524. The van der Waals surface area contributed by atoms with Crippen molar-refractivity contribution in [1.82, 2.24) is 5.10 Å². The van der Waals surface area contributed by atoms with Crippen molar-refractivity contribution in [3.8, 4) is 0 Å². The molecule has 0 aliphatic rings. The van der Waals surface area contributed by atoms with Gasteiger partial charge in [-0.3, -0.25) is 0 Å². The van der Waals surface area contributed by atoms with Crippen LogP contribution in [0.3, 0.4) is 0 Å². The average Bonchev–Trinajstić information content (AvgIpc) is 1.94. The molecule has 1 aromatic heterocycles. The van der Waals surface area contributed by atoms with Gasteiger partial charge in [-0.15, -0.1) is 0 Å². The number of nitrogens with zero attached hydrogens (tertiary/aromatic N) is 3. The Labute approximate surface area is 65.8 Å². The molecule has 0 saturated carbocycles. The van der Waals surface area contributed by atoms with Crippen LogP contribution in [0.2, 0.25) is 5.15 Å². The van der Waals surface area contributed by atoms with Crippen LogP contribution in [-0.2, 0) is 0 Å². The summed E-state index contributed by atoms with van der Waals surface area (Å²) < 4.78 is 0. The number of nitro groups is 1. The quantitative estimate of drug-likeness (QED) is 0.266. The van der Waals surface area contributed by atoms with Gasteiger partial charge in [0.1, 0.15) is 0 Å². The Hall–Kier alpha value is -1.43. The van der Waals surface area contributed by atoms with E-state index in [-0.39, 0.29) is 10.00 Å². The van der Waals surface area contributed by atoms with Gasteiger partial charge in [-0.2, -0.15) is 0 Å². The van der Waals surface area contributed by atoms with E-state index >= 15 is 0 Å². The van der Waals surface area contributed by atoms with E-state index in [1.54, 1.807) is 0 Å². The van der Waals surface area contributed by atoms with Crippen LogP contribution in [0.4, 0.5) is 5.82 Å². The van der Waals surface area contributed by atoms with Gasteiger partial charge >= 0.3 is 11.0 Å². The maximum absolute atomic E-state index is 10.5. The summed E-state index contributed by atoms with van der Waals surface area (Å²) in [5, 5.41) is 23.3. The smallest absolute Gasteiger partial charge is 0.438 e. The lowest BCUT2D eigenvalue weighted by Gasteiger charge is -1.90. The predicted octanol–water partition coefficient (Wildman–Crippen LogP) is 0.277. The second-order valence-electron chi connectivity index (χ2n) is 1.64. The van der Waals surface area contributed by atoms with Gasteiger partial charge in [-0.25, -0.2) is 0 Å². The minimum atomic E-state index is -0.773. The van der Waals surface area contributed by atoms with E-state index in [2.05, 4.69) is 5.10 Å². The molecular formula is C4H2ClN3O3. The number of halogens is 1. The summed E-state index contributed by atoms with van der Waals surface area (Å²) in [4.78, 5) is 9.22. The van der Waals surface area contributed by atoms with E-state index in [9.17, 15) is 15.3 Å². The fourth-order valence-electron chi connectivity index (χ4n) is 0.479. The van der Waals surface area contributed by atoms with Crippen molar-refractivity contribution in [1.29, 1.82) is 0 Å². The van der Waals surface area contributed by atoms with Crippen molar-refractivity contribution in [3.05, 3.63) is 32.6 Å². The molecule has 0 N–H and O–H groups in total. The van der Waals surface area contributed by atoms with Gasteiger partial charge in [0.2, 0.25) is 5.10 Å². The summed E-state index contributed by atoms with van der Waals surface area (Å²) in [6, 6.07) is 2.16. The summed E-state index contributed by atoms with van der Waals surface area (Å²) in [5.41, 5.74) is 0. The van der Waals surface area contributed by atoms with E-state index < -0.39 is 10.7 Å². The van der Waals surface area contributed by atoms with Crippen LogP contribution in [0.15, 0.2) is 12.1 Å². The first-order chi connectivity index (χ1) is 5.11. The van der Waals surface area contributed by atoms with Crippen LogP contribution in [-0.4, -0.2) is 10.0 Å². The molecule has 1 rings (SSSR count). The molecule has 0 bridgehead atoms. The van der Waals surface area contributed by atoms with Crippen molar-refractivity contribution >= 4 is 17.4 Å². The average molecular weight is 176 g/mol. The van der Waals surface area contributed by atoms with E-state index in [0.717, 1.165) is 12.1 Å². The topological polar surface area (TPSA) is 83.0 Å². The molecule has 0 amide bonds. The highest BCUT2D eigenvalue weighted by molar-refractivity contribution is 6.28. The Kier molecular flexibility index (Phi) is 1.86. The highest BCUT2D eigenvalue weighted by Gasteiger charge is 2.15. The van der Waals surface area contributed by atoms with Gasteiger partial charge in [0, 0.05) is 6.07 Å². The first kappa shape index (κ1) is 7.67. The third kappa shape index (κ3) is 1.53. The standard InChI is InChI=1S/C4H2ClN3O3/c5-3-1-2-4(8(10)11)6-7(3)9/h1-2H. The Balaban J connectivity index is 3.15. The van der Waals surface area contributed by atoms with E-state index in [0.29, 0.717) is 0 Å². The lowest BCUT2D eigenvalue weighted by Crippen LogP contribution is -2.32. The molecule has 7 heteroatoms. The van der Waals surface area contributed by atoms with Gasteiger partial charge in [-0.1, -0.05) is 0 Å². The zero-order valence-electron chi connectivity index (χ0n) is 5.10. The fourth-order valence-corrected chi connectivity index (χ4v) is 0.579.